The van der Waals surface area contributed by atoms with E-state index in [4.69, 9.17) is 9.15 Å². The number of aromatic nitrogens is 1. The van der Waals surface area contributed by atoms with Crippen molar-refractivity contribution >= 4 is 0 Å². The summed E-state index contributed by atoms with van der Waals surface area (Å²) >= 11 is 0. The molecule has 0 saturated carbocycles. The van der Waals surface area contributed by atoms with Crippen LogP contribution in [0.3, 0.4) is 0 Å². The van der Waals surface area contributed by atoms with E-state index in [1.54, 1.807) is 6.20 Å². The van der Waals surface area contributed by atoms with Crippen molar-refractivity contribution in [1.29, 1.82) is 5.26 Å². The molecule has 0 unspecified atom stereocenters. The molecule has 1 fully saturated rings. The van der Waals surface area contributed by atoms with Crippen LogP contribution in [0.25, 0.3) is 11.3 Å². The Hall–Kier alpha value is -2.94. The highest BCUT2D eigenvalue weighted by molar-refractivity contribution is 5.66. The lowest BCUT2D eigenvalue weighted by molar-refractivity contribution is -0.00622. The van der Waals surface area contributed by atoms with E-state index >= 15 is 0 Å². The number of furan rings is 1. The predicted molar refractivity (Wildman–Crippen MR) is 106 cm³/mol. The molecule has 5 nitrogen and oxygen atoms in total. The fourth-order valence-electron chi connectivity index (χ4n) is 3.54. The molecule has 4 rings (SSSR count). The highest BCUT2D eigenvalue weighted by atomic mass is 16.5. The van der Waals surface area contributed by atoms with Crippen molar-refractivity contribution in [3.8, 4) is 17.4 Å². The molecular formula is C23H23N3O2. The molecule has 0 N–H and O–H groups in total. The summed E-state index contributed by atoms with van der Waals surface area (Å²) in [4.78, 5) is 6.69. The van der Waals surface area contributed by atoms with E-state index in [0.717, 1.165) is 55.3 Å². The van der Waals surface area contributed by atoms with Crippen molar-refractivity contribution in [2.24, 2.45) is 0 Å². The minimum atomic E-state index is 0.285. The van der Waals surface area contributed by atoms with Crippen LogP contribution < -0.4 is 0 Å². The Labute approximate surface area is 165 Å². The third kappa shape index (κ3) is 4.48. The van der Waals surface area contributed by atoms with Crippen LogP contribution in [-0.2, 0) is 17.9 Å². The molecule has 0 aliphatic carbocycles. The highest BCUT2D eigenvalue weighted by Gasteiger charge is 2.21. The van der Waals surface area contributed by atoms with Gasteiger partial charge in [-0.3, -0.25) is 9.88 Å². The maximum atomic E-state index is 9.27. The second-order valence-electron chi connectivity index (χ2n) is 7.03. The third-order valence-corrected chi connectivity index (χ3v) is 5.08. The summed E-state index contributed by atoms with van der Waals surface area (Å²) in [5, 5.41) is 9.27. The number of benzene rings is 1. The SMILES string of the molecule is N#Cc1ccccc1-c1ccc(CN2CCC(OCc3ccccn3)CC2)o1. The summed E-state index contributed by atoms with van der Waals surface area (Å²) in [6.45, 7) is 3.32. The maximum Gasteiger partial charge on any atom is 0.135 e. The number of piperidine rings is 1. The number of hydrogen-bond donors (Lipinski definition) is 0. The summed E-state index contributed by atoms with van der Waals surface area (Å²) in [7, 11) is 0. The van der Waals surface area contributed by atoms with Crippen molar-refractivity contribution < 1.29 is 9.15 Å². The normalized spacial score (nSPS) is 15.4. The first kappa shape index (κ1) is 18.4. The summed E-state index contributed by atoms with van der Waals surface area (Å²) < 4.78 is 12.0. The lowest BCUT2D eigenvalue weighted by Crippen LogP contribution is -2.36. The van der Waals surface area contributed by atoms with Gasteiger partial charge in [-0.1, -0.05) is 18.2 Å². The number of rotatable bonds is 6. The fourth-order valence-corrected chi connectivity index (χ4v) is 3.54. The van der Waals surface area contributed by atoms with Crippen molar-refractivity contribution in [3.63, 3.8) is 0 Å². The van der Waals surface area contributed by atoms with Crippen LogP contribution in [0.4, 0.5) is 0 Å². The Kier molecular flexibility index (Phi) is 5.81. The van der Waals surface area contributed by atoms with Gasteiger partial charge in [0.25, 0.3) is 0 Å². The van der Waals surface area contributed by atoms with Gasteiger partial charge in [-0.2, -0.15) is 5.26 Å². The molecule has 1 aliphatic heterocycles. The monoisotopic (exact) mass is 373 g/mol. The molecule has 0 radical (unpaired) electrons. The zero-order valence-electron chi connectivity index (χ0n) is 15.8. The van der Waals surface area contributed by atoms with Gasteiger partial charge in [0.2, 0.25) is 0 Å². The molecule has 2 aromatic heterocycles. The molecule has 1 aromatic carbocycles. The second-order valence-corrected chi connectivity index (χ2v) is 7.03. The minimum absolute atomic E-state index is 0.285. The van der Waals surface area contributed by atoms with Gasteiger partial charge in [-0.05, 0) is 49.2 Å². The van der Waals surface area contributed by atoms with Gasteiger partial charge < -0.3 is 9.15 Å². The first-order chi connectivity index (χ1) is 13.8. The molecule has 1 aliphatic rings. The predicted octanol–water partition coefficient (Wildman–Crippen LogP) is 4.39. The zero-order chi connectivity index (χ0) is 19.2. The van der Waals surface area contributed by atoms with E-state index in [-0.39, 0.29) is 6.10 Å². The largest absolute Gasteiger partial charge is 0.460 e. The van der Waals surface area contributed by atoms with Crippen LogP contribution in [-0.4, -0.2) is 29.1 Å². The van der Waals surface area contributed by atoms with Crippen molar-refractivity contribution in [1.82, 2.24) is 9.88 Å². The van der Waals surface area contributed by atoms with Gasteiger partial charge in [-0.15, -0.1) is 0 Å². The molecule has 3 aromatic rings. The summed E-state index contributed by atoms with van der Waals surface area (Å²) in [6.07, 6.45) is 4.11. The van der Waals surface area contributed by atoms with Crippen molar-refractivity contribution in [2.45, 2.75) is 32.1 Å². The van der Waals surface area contributed by atoms with E-state index < -0.39 is 0 Å². The summed E-state index contributed by atoms with van der Waals surface area (Å²) in [6, 6.07) is 19.6. The molecule has 0 bridgehead atoms. The molecule has 142 valence electrons. The first-order valence-electron chi connectivity index (χ1n) is 9.64. The van der Waals surface area contributed by atoms with Gasteiger partial charge >= 0.3 is 0 Å². The average molecular weight is 373 g/mol. The Morgan fingerprint density at radius 2 is 1.89 bits per heavy atom. The molecule has 0 spiro atoms. The number of hydrogen-bond acceptors (Lipinski definition) is 5. The van der Waals surface area contributed by atoms with E-state index in [9.17, 15) is 5.26 Å². The Balaban J connectivity index is 1.28. The average Bonchev–Trinajstić information content (AvgIpc) is 3.22. The van der Waals surface area contributed by atoms with Gasteiger partial charge in [0.05, 0.1) is 36.6 Å². The van der Waals surface area contributed by atoms with Crippen LogP contribution in [0.5, 0.6) is 0 Å². The summed E-state index contributed by atoms with van der Waals surface area (Å²) in [5.41, 5.74) is 2.46. The topological polar surface area (TPSA) is 62.3 Å². The van der Waals surface area contributed by atoms with Gasteiger partial charge in [-0.25, -0.2) is 0 Å². The smallest absolute Gasteiger partial charge is 0.135 e. The minimum Gasteiger partial charge on any atom is -0.460 e. The molecule has 0 atom stereocenters. The maximum absolute atomic E-state index is 9.27. The standard InChI is InChI=1S/C23H23N3O2/c24-15-18-5-1-2-7-22(18)23-9-8-21(28-23)16-26-13-10-20(11-14-26)27-17-19-6-3-4-12-25-19/h1-9,12,20H,10-11,13-14,16-17H2. The fraction of sp³-hybridized carbons (Fsp3) is 0.304. The van der Waals surface area contributed by atoms with E-state index in [0.29, 0.717) is 12.2 Å². The van der Waals surface area contributed by atoms with Gasteiger partial charge in [0, 0.05) is 24.8 Å². The van der Waals surface area contributed by atoms with Crippen LogP contribution in [0, 0.1) is 11.3 Å². The van der Waals surface area contributed by atoms with Gasteiger partial charge in [0.1, 0.15) is 11.5 Å². The third-order valence-electron chi connectivity index (χ3n) is 5.08. The highest BCUT2D eigenvalue weighted by Crippen LogP contribution is 2.26. The van der Waals surface area contributed by atoms with Crippen molar-refractivity contribution in [2.75, 3.05) is 13.1 Å². The number of nitrogens with zero attached hydrogens (tertiary/aromatic N) is 3. The van der Waals surface area contributed by atoms with Crippen LogP contribution in [0.1, 0.15) is 29.9 Å². The molecular weight excluding hydrogens is 350 g/mol. The Bertz CT molecular complexity index is 938. The van der Waals surface area contributed by atoms with Crippen LogP contribution in [0.2, 0.25) is 0 Å². The molecule has 1 saturated heterocycles. The first-order valence-corrected chi connectivity index (χ1v) is 9.64. The van der Waals surface area contributed by atoms with Crippen LogP contribution >= 0.6 is 0 Å². The molecule has 3 heterocycles. The van der Waals surface area contributed by atoms with E-state index in [1.165, 1.54) is 0 Å². The quantitative estimate of drug-likeness (QED) is 0.641. The van der Waals surface area contributed by atoms with Gasteiger partial charge in [0.15, 0.2) is 0 Å². The second kappa shape index (κ2) is 8.83. The number of nitriles is 1. The Morgan fingerprint density at radius 1 is 1.07 bits per heavy atom. The van der Waals surface area contributed by atoms with Crippen molar-refractivity contribution in [3.05, 3.63) is 77.8 Å². The zero-order valence-corrected chi connectivity index (χ0v) is 15.8. The van der Waals surface area contributed by atoms with Crippen LogP contribution in [0.15, 0.2) is 65.2 Å². The number of likely N-dealkylation sites (tertiary alicyclic amines) is 1. The van der Waals surface area contributed by atoms with E-state index in [2.05, 4.69) is 16.0 Å². The lowest BCUT2D eigenvalue weighted by Gasteiger charge is -2.31. The molecule has 5 heteroatoms. The Morgan fingerprint density at radius 3 is 2.68 bits per heavy atom. The van der Waals surface area contributed by atoms with E-state index in [1.807, 2.05) is 54.6 Å². The molecule has 28 heavy (non-hydrogen) atoms. The summed E-state index contributed by atoms with van der Waals surface area (Å²) in [5.74, 6) is 1.68. The molecule has 0 amide bonds. The number of pyridine rings is 1. The number of ether oxygens (including phenoxy) is 1. The lowest BCUT2D eigenvalue weighted by atomic mass is 10.1.